The van der Waals surface area contributed by atoms with E-state index in [9.17, 15) is 4.79 Å². The van der Waals surface area contributed by atoms with E-state index in [-0.39, 0.29) is 6.03 Å². The van der Waals surface area contributed by atoms with Crippen LogP contribution in [0.2, 0.25) is 0 Å². The van der Waals surface area contributed by atoms with Gasteiger partial charge in [0.2, 0.25) is 0 Å². The lowest BCUT2D eigenvalue weighted by Crippen LogP contribution is -2.31. The molecule has 20 heavy (non-hydrogen) atoms. The first-order chi connectivity index (χ1) is 9.84. The summed E-state index contributed by atoms with van der Waals surface area (Å²) in [6.45, 7) is 1.65. The van der Waals surface area contributed by atoms with Gasteiger partial charge in [0.15, 0.2) is 0 Å². The van der Waals surface area contributed by atoms with Gasteiger partial charge < -0.3 is 0 Å². The minimum Gasteiger partial charge on any atom is -0.291 e. The first kappa shape index (κ1) is 12.7. The largest absolute Gasteiger partial charge is 0.348 e. The van der Waals surface area contributed by atoms with E-state index < -0.39 is 0 Å². The fraction of sp³-hybridized carbons (Fsp3) is 0.188. The van der Waals surface area contributed by atoms with Crippen LogP contribution in [0.25, 0.3) is 0 Å². The van der Waals surface area contributed by atoms with Gasteiger partial charge in [0.1, 0.15) is 6.61 Å². The van der Waals surface area contributed by atoms with Crippen LogP contribution in [0.3, 0.4) is 0 Å². The van der Waals surface area contributed by atoms with Crippen LogP contribution < -0.4 is 4.90 Å². The molecule has 1 aliphatic heterocycles. The van der Waals surface area contributed by atoms with Gasteiger partial charge in [0.25, 0.3) is 0 Å². The van der Waals surface area contributed by atoms with Crippen molar-refractivity contribution in [3.05, 3.63) is 66.2 Å². The first-order valence-electron chi connectivity index (χ1n) is 6.65. The number of benzene rings is 2. The van der Waals surface area contributed by atoms with Gasteiger partial charge in [0, 0.05) is 12.2 Å². The number of carbonyl (C=O) groups is 1. The summed E-state index contributed by atoms with van der Waals surface area (Å²) in [5.74, 6) is 0. The van der Waals surface area contributed by atoms with Crippen molar-refractivity contribution < 1.29 is 9.63 Å². The average molecular weight is 268 g/mol. The molecule has 1 fully saturated rings. The zero-order chi connectivity index (χ0) is 13.8. The number of carbonyl (C=O) groups excluding carboxylic acids is 1. The zero-order valence-electron chi connectivity index (χ0n) is 11.1. The van der Waals surface area contributed by atoms with E-state index >= 15 is 0 Å². The molecule has 0 saturated carbocycles. The fourth-order valence-electron chi connectivity index (χ4n) is 2.21. The van der Waals surface area contributed by atoms with Crippen LogP contribution >= 0.6 is 0 Å². The zero-order valence-corrected chi connectivity index (χ0v) is 11.1. The second kappa shape index (κ2) is 5.75. The van der Waals surface area contributed by atoms with Crippen molar-refractivity contribution in [3.8, 4) is 0 Å². The Labute approximate surface area is 118 Å². The molecule has 4 heteroatoms. The summed E-state index contributed by atoms with van der Waals surface area (Å²) in [7, 11) is 0. The third-order valence-electron chi connectivity index (χ3n) is 3.27. The van der Waals surface area contributed by atoms with Crippen LogP contribution in [0.1, 0.15) is 5.56 Å². The Hall–Kier alpha value is -2.33. The van der Waals surface area contributed by atoms with E-state index in [1.54, 1.807) is 4.90 Å². The van der Waals surface area contributed by atoms with Gasteiger partial charge >= 0.3 is 6.03 Å². The van der Waals surface area contributed by atoms with E-state index in [2.05, 4.69) is 0 Å². The molecule has 0 aliphatic carbocycles. The smallest absolute Gasteiger partial charge is 0.291 e. The van der Waals surface area contributed by atoms with Crippen molar-refractivity contribution in [2.45, 2.75) is 6.61 Å². The molecule has 1 heterocycles. The van der Waals surface area contributed by atoms with Gasteiger partial charge in [-0.1, -0.05) is 48.5 Å². The summed E-state index contributed by atoms with van der Waals surface area (Å²) in [6.07, 6.45) is 0. The number of nitrogens with zero attached hydrogens (tertiary/aromatic N) is 2. The monoisotopic (exact) mass is 268 g/mol. The highest BCUT2D eigenvalue weighted by atomic mass is 16.7. The highest BCUT2D eigenvalue weighted by Crippen LogP contribution is 2.20. The molecule has 0 atom stereocenters. The molecule has 2 amide bonds. The maximum absolute atomic E-state index is 12.3. The lowest BCUT2D eigenvalue weighted by Gasteiger charge is -2.18. The number of para-hydroxylation sites is 1. The minimum atomic E-state index is -0.105. The molecule has 1 saturated heterocycles. The summed E-state index contributed by atoms with van der Waals surface area (Å²) in [5, 5.41) is 1.43. The Bertz CT molecular complexity index is 572. The number of hydroxylamine groups is 2. The molecule has 4 nitrogen and oxygen atoms in total. The standard InChI is InChI=1S/C16H16N2O2/c19-16-17(15-9-5-2-6-10-15)11-12-18(16)20-13-14-7-3-1-4-8-14/h1-10H,11-13H2. The Balaban J connectivity index is 1.62. The summed E-state index contributed by atoms with van der Waals surface area (Å²) < 4.78 is 0. The molecule has 0 aromatic heterocycles. The normalized spacial score (nSPS) is 14.9. The van der Waals surface area contributed by atoms with Gasteiger partial charge in [-0.2, -0.15) is 0 Å². The van der Waals surface area contributed by atoms with Crippen LogP contribution in [0.4, 0.5) is 10.5 Å². The molecule has 1 aliphatic rings. The Morgan fingerprint density at radius 3 is 2.25 bits per heavy atom. The molecule has 3 rings (SSSR count). The third-order valence-corrected chi connectivity index (χ3v) is 3.27. The van der Waals surface area contributed by atoms with E-state index in [0.29, 0.717) is 19.7 Å². The van der Waals surface area contributed by atoms with Crippen molar-refractivity contribution in [2.75, 3.05) is 18.0 Å². The lowest BCUT2D eigenvalue weighted by molar-refractivity contribution is -0.114. The molecular weight excluding hydrogens is 252 g/mol. The van der Waals surface area contributed by atoms with Crippen molar-refractivity contribution in [2.24, 2.45) is 0 Å². The molecule has 0 N–H and O–H groups in total. The summed E-state index contributed by atoms with van der Waals surface area (Å²) in [5.41, 5.74) is 1.96. The van der Waals surface area contributed by atoms with E-state index in [1.165, 1.54) is 5.06 Å². The van der Waals surface area contributed by atoms with Gasteiger partial charge in [-0.3, -0.25) is 9.74 Å². The Morgan fingerprint density at radius 1 is 0.900 bits per heavy atom. The van der Waals surface area contributed by atoms with E-state index in [4.69, 9.17) is 4.84 Å². The fourth-order valence-corrected chi connectivity index (χ4v) is 2.21. The van der Waals surface area contributed by atoms with Crippen LogP contribution in [-0.2, 0) is 11.4 Å². The molecule has 2 aromatic rings. The van der Waals surface area contributed by atoms with Gasteiger partial charge in [0.05, 0.1) is 6.54 Å². The summed E-state index contributed by atoms with van der Waals surface area (Å²) in [6, 6.07) is 19.4. The molecule has 0 bridgehead atoms. The summed E-state index contributed by atoms with van der Waals surface area (Å²) >= 11 is 0. The van der Waals surface area contributed by atoms with Crippen LogP contribution in [0.5, 0.6) is 0 Å². The minimum absolute atomic E-state index is 0.105. The number of rotatable bonds is 4. The van der Waals surface area contributed by atoms with Gasteiger partial charge in [-0.15, -0.1) is 0 Å². The number of amides is 2. The Kier molecular flexibility index (Phi) is 3.65. The summed E-state index contributed by atoms with van der Waals surface area (Å²) in [4.78, 5) is 19.6. The number of anilines is 1. The second-order valence-electron chi connectivity index (χ2n) is 4.63. The van der Waals surface area contributed by atoms with Gasteiger partial charge in [-0.25, -0.2) is 9.86 Å². The molecule has 0 spiro atoms. The highest BCUT2D eigenvalue weighted by Gasteiger charge is 2.30. The maximum atomic E-state index is 12.3. The molecule has 2 aromatic carbocycles. The predicted octanol–water partition coefficient (Wildman–Crippen LogP) is 3.06. The topological polar surface area (TPSA) is 32.8 Å². The van der Waals surface area contributed by atoms with Crippen LogP contribution in [-0.4, -0.2) is 24.2 Å². The van der Waals surface area contributed by atoms with Crippen LogP contribution in [0.15, 0.2) is 60.7 Å². The third kappa shape index (κ3) is 2.65. The predicted molar refractivity (Wildman–Crippen MR) is 77.1 cm³/mol. The number of urea groups is 1. The van der Waals surface area contributed by atoms with Crippen molar-refractivity contribution in [1.82, 2.24) is 5.06 Å². The van der Waals surface area contributed by atoms with Crippen molar-refractivity contribution in [3.63, 3.8) is 0 Å². The first-order valence-corrected chi connectivity index (χ1v) is 6.65. The quantitative estimate of drug-likeness (QED) is 0.853. The Morgan fingerprint density at radius 2 is 1.55 bits per heavy atom. The molecule has 102 valence electrons. The SMILES string of the molecule is O=C1N(OCc2ccccc2)CCN1c1ccccc1. The van der Waals surface area contributed by atoms with E-state index in [1.807, 2.05) is 60.7 Å². The van der Waals surface area contributed by atoms with E-state index in [0.717, 1.165) is 11.3 Å². The molecule has 0 radical (unpaired) electrons. The molecular formula is C16H16N2O2. The van der Waals surface area contributed by atoms with Crippen molar-refractivity contribution in [1.29, 1.82) is 0 Å². The lowest BCUT2D eigenvalue weighted by atomic mass is 10.2. The molecule has 0 unspecified atom stereocenters. The van der Waals surface area contributed by atoms with Crippen LogP contribution in [0, 0.1) is 0 Å². The average Bonchev–Trinajstić information content (AvgIpc) is 2.88. The van der Waals surface area contributed by atoms with Crippen molar-refractivity contribution >= 4 is 11.7 Å². The second-order valence-corrected chi connectivity index (χ2v) is 4.63. The number of hydrogen-bond donors (Lipinski definition) is 0. The maximum Gasteiger partial charge on any atom is 0.348 e. The number of hydrogen-bond acceptors (Lipinski definition) is 2. The highest BCUT2D eigenvalue weighted by molar-refractivity contribution is 5.93. The van der Waals surface area contributed by atoms with Gasteiger partial charge in [-0.05, 0) is 17.7 Å².